The predicted molar refractivity (Wildman–Crippen MR) is 230 cm³/mol. The van der Waals surface area contributed by atoms with Gasteiger partial charge >= 0.3 is 7.12 Å². The van der Waals surface area contributed by atoms with Crippen molar-refractivity contribution in [3.63, 3.8) is 0 Å². The maximum atomic E-state index is 9.52. The Morgan fingerprint density at radius 1 is 0.321 bits per heavy atom. The fraction of sp³-hybridized carbons (Fsp3) is 0. The lowest BCUT2D eigenvalue weighted by atomic mass is 9.80. The summed E-state index contributed by atoms with van der Waals surface area (Å²) in [4.78, 5) is 0. The van der Waals surface area contributed by atoms with Crippen molar-refractivity contribution in [2.75, 3.05) is 0 Å². The van der Waals surface area contributed by atoms with E-state index in [0.29, 0.717) is 16.6 Å². The minimum Gasteiger partial charge on any atom is -0.456 e. The van der Waals surface area contributed by atoms with Crippen molar-refractivity contribution < 1.29 is 27.7 Å². The van der Waals surface area contributed by atoms with E-state index in [1.807, 2.05) is 60.7 Å². The van der Waals surface area contributed by atoms with Gasteiger partial charge in [0.1, 0.15) is 44.7 Å². The van der Waals surface area contributed by atoms with Crippen LogP contribution in [-0.2, 0) is 0 Å². The van der Waals surface area contributed by atoms with Gasteiger partial charge in [0.05, 0.1) is 0 Å². The molecule has 0 saturated carbocycles. The molecule has 0 unspecified atom stereocenters. The normalized spacial score (nSPS) is 11.8. The summed E-state index contributed by atoms with van der Waals surface area (Å²) in [6.45, 7) is 0. The average Bonchev–Trinajstić information content (AvgIpc) is 3.98. The molecule has 0 aliphatic carbocycles. The van der Waals surface area contributed by atoms with Crippen molar-refractivity contribution in [1.82, 2.24) is 0 Å². The molecule has 0 aliphatic rings. The highest BCUT2D eigenvalue weighted by Gasteiger charge is 2.18. The molecule has 56 heavy (non-hydrogen) atoms. The second-order valence-corrected chi connectivity index (χ2v) is 14.9. The van der Waals surface area contributed by atoms with Gasteiger partial charge in [-0.05, 0) is 88.4 Å². The van der Waals surface area contributed by atoms with Gasteiger partial charge in [-0.3, -0.25) is 0 Å². The van der Waals surface area contributed by atoms with Crippen LogP contribution in [-0.4, -0.2) is 17.2 Å². The molecule has 12 aromatic rings. The van der Waals surface area contributed by atoms with Gasteiger partial charge in [-0.15, -0.1) is 0 Å². The van der Waals surface area contributed by atoms with Gasteiger partial charge in [-0.2, -0.15) is 0 Å². The molecule has 8 heteroatoms. The zero-order chi connectivity index (χ0) is 37.5. The number of hydrogen-bond donors (Lipinski definition) is 2. The Balaban J connectivity index is 0.000000130. The Bertz CT molecular complexity index is 3470. The van der Waals surface area contributed by atoms with E-state index in [1.165, 1.54) is 11.1 Å². The Morgan fingerprint density at radius 2 is 0.696 bits per heavy atom. The molecule has 0 bridgehead atoms. The monoisotopic (exact) mass is 790 g/mol. The summed E-state index contributed by atoms with van der Waals surface area (Å²) in [5.41, 5.74) is 11.6. The smallest absolute Gasteiger partial charge is 0.456 e. The molecule has 4 heterocycles. The van der Waals surface area contributed by atoms with Gasteiger partial charge in [-0.25, -0.2) is 0 Å². The zero-order valence-electron chi connectivity index (χ0n) is 29.5. The summed E-state index contributed by atoms with van der Waals surface area (Å²) >= 11 is 3.56. The van der Waals surface area contributed by atoms with E-state index in [4.69, 9.17) is 17.7 Å². The maximum absolute atomic E-state index is 9.52. The first-order valence-electron chi connectivity index (χ1n) is 18.2. The van der Waals surface area contributed by atoms with Crippen LogP contribution in [0.4, 0.5) is 0 Å². The summed E-state index contributed by atoms with van der Waals surface area (Å²) in [7, 11) is -1.52. The highest BCUT2D eigenvalue weighted by Crippen LogP contribution is 2.40. The summed E-state index contributed by atoms with van der Waals surface area (Å²) in [6.07, 6.45) is 0. The van der Waals surface area contributed by atoms with Crippen molar-refractivity contribution in [3.05, 3.63) is 162 Å². The third-order valence-electron chi connectivity index (χ3n) is 10.6. The van der Waals surface area contributed by atoms with Crippen LogP contribution in [0.25, 0.3) is 110 Å². The number of benzene rings is 8. The van der Waals surface area contributed by atoms with Crippen molar-refractivity contribution in [1.29, 1.82) is 0 Å². The molecular weight excluding hydrogens is 763 g/mol. The number of fused-ring (bicyclic) bond motifs is 12. The number of rotatable bonds is 3. The van der Waals surface area contributed by atoms with Crippen molar-refractivity contribution in [2.45, 2.75) is 0 Å². The minimum absolute atomic E-state index is 0.434. The molecular formula is C48H28BBrO6. The van der Waals surface area contributed by atoms with E-state index in [2.05, 4.69) is 94.8 Å². The minimum atomic E-state index is -1.52. The van der Waals surface area contributed by atoms with Crippen LogP contribution in [0, 0.1) is 0 Å². The lowest BCUT2D eigenvalue weighted by Crippen LogP contribution is -2.29. The standard InChI is InChI=1S/C24H15BO4.C24H13BrO2/c26-25(27)16-7-9-22-18(11-16)20-12-19-17-10-15(14-4-2-1-3-5-14)6-8-21(17)28-23(19)13-24(20)29-22;25-16-7-9-22-18(11-16)20-12-19-17-10-15(14-4-2-1-3-5-14)6-8-21(17)26-23(19)13-24(20)27-22/h1-13,26-27H;1-13H. The van der Waals surface area contributed by atoms with Gasteiger partial charge < -0.3 is 27.7 Å². The highest BCUT2D eigenvalue weighted by molar-refractivity contribution is 9.10. The summed E-state index contributed by atoms with van der Waals surface area (Å²) in [5, 5.41) is 27.3. The van der Waals surface area contributed by atoms with E-state index >= 15 is 0 Å². The Morgan fingerprint density at radius 3 is 1.14 bits per heavy atom. The van der Waals surface area contributed by atoms with E-state index in [-0.39, 0.29) is 0 Å². The predicted octanol–water partition coefficient (Wildman–Crippen LogP) is 12.7. The Hall–Kier alpha value is -6.58. The molecule has 266 valence electrons. The van der Waals surface area contributed by atoms with Crippen LogP contribution < -0.4 is 5.46 Å². The first-order valence-corrected chi connectivity index (χ1v) is 19.0. The first-order chi connectivity index (χ1) is 27.4. The molecule has 8 aromatic carbocycles. The molecule has 0 aliphatic heterocycles. The topological polar surface area (TPSA) is 93.0 Å². The van der Waals surface area contributed by atoms with Gasteiger partial charge in [-0.1, -0.05) is 101 Å². The number of halogens is 1. The van der Waals surface area contributed by atoms with Crippen molar-refractivity contribution >= 4 is 116 Å². The fourth-order valence-corrected chi connectivity index (χ4v) is 8.23. The van der Waals surface area contributed by atoms with Gasteiger partial charge in [0.15, 0.2) is 0 Å². The molecule has 0 fully saturated rings. The summed E-state index contributed by atoms with van der Waals surface area (Å²) in [5.74, 6) is 0. The summed E-state index contributed by atoms with van der Waals surface area (Å²) < 4.78 is 25.2. The largest absolute Gasteiger partial charge is 0.488 e. The van der Waals surface area contributed by atoms with Crippen LogP contribution in [0.3, 0.4) is 0 Å². The fourth-order valence-electron chi connectivity index (χ4n) is 7.86. The quantitative estimate of drug-likeness (QED) is 0.173. The van der Waals surface area contributed by atoms with E-state index in [9.17, 15) is 10.0 Å². The first kappa shape index (κ1) is 32.8. The molecule has 0 radical (unpaired) electrons. The number of furan rings is 4. The average molecular weight is 791 g/mol. The molecule has 0 atom stereocenters. The molecule has 6 nitrogen and oxygen atoms in total. The van der Waals surface area contributed by atoms with Crippen LogP contribution >= 0.6 is 15.9 Å². The van der Waals surface area contributed by atoms with Crippen LogP contribution in [0.5, 0.6) is 0 Å². The molecule has 0 saturated heterocycles. The van der Waals surface area contributed by atoms with Crippen LogP contribution in [0.15, 0.2) is 180 Å². The summed E-state index contributed by atoms with van der Waals surface area (Å²) in [6, 6.07) is 52.7. The van der Waals surface area contributed by atoms with Gasteiger partial charge in [0.25, 0.3) is 0 Å². The van der Waals surface area contributed by atoms with Crippen molar-refractivity contribution in [2.24, 2.45) is 0 Å². The second kappa shape index (κ2) is 12.7. The Kier molecular flexibility index (Phi) is 7.47. The zero-order valence-corrected chi connectivity index (χ0v) is 31.1. The molecule has 0 amide bonds. The lowest BCUT2D eigenvalue weighted by Gasteiger charge is -2.01. The van der Waals surface area contributed by atoms with Crippen molar-refractivity contribution in [3.8, 4) is 22.3 Å². The maximum Gasteiger partial charge on any atom is 0.488 e. The lowest BCUT2D eigenvalue weighted by molar-refractivity contribution is 0.426. The molecule has 0 spiro atoms. The van der Waals surface area contributed by atoms with E-state index in [1.54, 1.807) is 18.2 Å². The third kappa shape index (κ3) is 5.41. The molecule has 2 N–H and O–H groups in total. The van der Waals surface area contributed by atoms with Gasteiger partial charge in [0, 0.05) is 59.7 Å². The van der Waals surface area contributed by atoms with Crippen LogP contribution in [0.2, 0.25) is 0 Å². The Labute approximate surface area is 327 Å². The molecule has 4 aromatic heterocycles. The third-order valence-corrected chi connectivity index (χ3v) is 11.1. The number of hydrogen-bond acceptors (Lipinski definition) is 6. The van der Waals surface area contributed by atoms with E-state index < -0.39 is 7.12 Å². The molecule has 12 rings (SSSR count). The van der Waals surface area contributed by atoms with Gasteiger partial charge in [0.2, 0.25) is 0 Å². The highest BCUT2D eigenvalue weighted by atomic mass is 79.9. The SMILES string of the molecule is Brc1ccc2oc3cc4oc5ccc(-c6ccccc6)cc5c4cc3c2c1.OB(O)c1ccc2oc3cc4oc5ccc(-c6ccccc6)cc5c4cc3c2c1. The van der Waals surface area contributed by atoms with Crippen LogP contribution in [0.1, 0.15) is 0 Å². The second-order valence-electron chi connectivity index (χ2n) is 14.0. The van der Waals surface area contributed by atoms with E-state index in [0.717, 1.165) is 92.2 Å².